The van der Waals surface area contributed by atoms with Crippen molar-refractivity contribution in [3.8, 4) is 0 Å². The molecule has 1 aromatic heterocycles. The van der Waals surface area contributed by atoms with Gasteiger partial charge in [0, 0.05) is 0 Å². The van der Waals surface area contributed by atoms with E-state index in [-0.39, 0.29) is 0 Å². The van der Waals surface area contributed by atoms with Crippen LogP contribution in [0.1, 0.15) is 25.2 Å². The van der Waals surface area contributed by atoms with Crippen molar-refractivity contribution < 1.29 is 9.52 Å². The Morgan fingerprint density at radius 3 is 2.80 bits per heavy atom. The summed E-state index contributed by atoms with van der Waals surface area (Å²) in [6, 6.07) is 0. The lowest BCUT2D eigenvalue weighted by Gasteiger charge is -2.32. The van der Waals surface area contributed by atoms with Gasteiger partial charge in [-0.15, -0.1) is 10.2 Å². The highest BCUT2D eigenvalue weighted by Gasteiger charge is 2.40. The highest BCUT2D eigenvalue weighted by atomic mass is 16.4. The van der Waals surface area contributed by atoms with Crippen LogP contribution in [0.15, 0.2) is 10.8 Å². The van der Waals surface area contributed by atoms with Crippen LogP contribution in [0, 0.1) is 0 Å². The standard InChI is InChI=1S/C6H8N2O2/c9-6(2-1-3-6)5-8-7-4-10-5/h4,9H,1-3H2. The van der Waals surface area contributed by atoms with Crippen molar-refractivity contribution in [2.45, 2.75) is 24.9 Å². The van der Waals surface area contributed by atoms with E-state index in [1.165, 1.54) is 6.39 Å². The molecule has 1 saturated carbocycles. The van der Waals surface area contributed by atoms with Gasteiger partial charge in [0.25, 0.3) is 0 Å². The van der Waals surface area contributed by atoms with Gasteiger partial charge in [-0.3, -0.25) is 0 Å². The third kappa shape index (κ3) is 0.654. The topological polar surface area (TPSA) is 59.2 Å². The lowest BCUT2D eigenvalue weighted by molar-refractivity contribution is -0.0612. The van der Waals surface area contributed by atoms with E-state index in [4.69, 9.17) is 4.42 Å². The number of hydrogen-bond acceptors (Lipinski definition) is 4. The minimum Gasteiger partial charge on any atom is -0.425 e. The molecule has 10 heavy (non-hydrogen) atoms. The fourth-order valence-electron chi connectivity index (χ4n) is 1.10. The number of rotatable bonds is 1. The smallest absolute Gasteiger partial charge is 0.247 e. The summed E-state index contributed by atoms with van der Waals surface area (Å²) >= 11 is 0. The van der Waals surface area contributed by atoms with Crippen molar-refractivity contribution in [1.82, 2.24) is 10.2 Å². The average Bonchev–Trinajstić information content (AvgIpc) is 2.33. The lowest BCUT2D eigenvalue weighted by Crippen LogP contribution is -2.33. The van der Waals surface area contributed by atoms with Gasteiger partial charge >= 0.3 is 0 Å². The molecule has 54 valence electrons. The molecular weight excluding hydrogens is 132 g/mol. The first-order chi connectivity index (χ1) is 4.81. The van der Waals surface area contributed by atoms with Crippen LogP contribution in [0.3, 0.4) is 0 Å². The first-order valence-corrected chi connectivity index (χ1v) is 3.30. The van der Waals surface area contributed by atoms with Crippen LogP contribution < -0.4 is 0 Å². The number of aliphatic hydroxyl groups is 1. The second-order valence-electron chi connectivity index (χ2n) is 2.63. The SMILES string of the molecule is OC1(c2nnco2)CCC1. The molecule has 0 saturated heterocycles. The van der Waals surface area contributed by atoms with Crippen LogP contribution >= 0.6 is 0 Å². The summed E-state index contributed by atoms with van der Waals surface area (Å²) in [7, 11) is 0. The van der Waals surface area contributed by atoms with Crippen LogP contribution in [0.4, 0.5) is 0 Å². The highest BCUT2D eigenvalue weighted by molar-refractivity contribution is 5.00. The molecular formula is C6H8N2O2. The summed E-state index contributed by atoms with van der Waals surface area (Å²) in [5, 5.41) is 16.7. The van der Waals surface area contributed by atoms with Crippen LogP contribution in [0.25, 0.3) is 0 Å². The molecule has 0 bridgehead atoms. The summed E-state index contributed by atoms with van der Waals surface area (Å²) in [6.45, 7) is 0. The Hall–Kier alpha value is -0.900. The zero-order chi connectivity index (χ0) is 7.03. The van der Waals surface area contributed by atoms with E-state index in [2.05, 4.69) is 10.2 Å². The minimum atomic E-state index is -0.795. The predicted molar refractivity (Wildman–Crippen MR) is 32.0 cm³/mol. The first kappa shape index (κ1) is 5.85. The van der Waals surface area contributed by atoms with Crippen LogP contribution in [0.5, 0.6) is 0 Å². The van der Waals surface area contributed by atoms with E-state index in [1.54, 1.807) is 0 Å². The summed E-state index contributed by atoms with van der Waals surface area (Å²) in [5.41, 5.74) is -0.795. The molecule has 4 nitrogen and oxygen atoms in total. The Kier molecular flexibility index (Phi) is 1.05. The second kappa shape index (κ2) is 1.79. The summed E-state index contributed by atoms with van der Waals surface area (Å²) < 4.78 is 4.87. The van der Waals surface area contributed by atoms with E-state index in [9.17, 15) is 5.11 Å². The lowest BCUT2D eigenvalue weighted by atomic mass is 9.80. The molecule has 0 atom stereocenters. The molecule has 2 rings (SSSR count). The molecule has 0 radical (unpaired) electrons. The maximum Gasteiger partial charge on any atom is 0.247 e. The summed E-state index contributed by atoms with van der Waals surface area (Å²) in [6.07, 6.45) is 3.77. The van der Waals surface area contributed by atoms with E-state index in [0.717, 1.165) is 19.3 Å². The van der Waals surface area contributed by atoms with E-state index in [0.29, 0.717) is 5.89 Å². The average molecular weight is 140 g/mol. The Labute approximate surface area is 57.9 Å². The molecule has 0 amide bonds. The molecule has 1 heterocycles. The quantitative estimate of drug-likeness (QED) is 0.615. The molecule has 4 heteroatoms. The Morgan fingerprint density at radius 2 is 2.40 bits per heavy atom. The van der Waals surface area contributed by atoms with E-state index in [1.807, 2.05) is 0 Å². The van der Waals surface area contributed by atoms with Crippen LogP contribution in [-0.2, 0) is 5.60 Å². The van der Waals surface area contributed by atoms with Gasteiger partial charge in [0.2, 0.25) is 12.3 Å². The number of aromatic nitrogens is 2. The number of nitrogens with zero attached hydrogens (tertiary/aromatic N) is 2. The Morgan fingerprint density at radius 1 is 1.60 bits per heavy atom. The molecule has 0 aromatic carbocycles. The third-order valence-electron chi connectivity index (χ3n) is 1.94. The van der Waals surface area contributed by atoms with Crippen LogP contribution in [0.2, 0.25) is 0 Å². The Bertz CT molecular complexity index is 216. The Balaban J connectivity index is 2.27. The van der Waals surface area contributed by atoms with Crippen molar-refractivity contribution >= 4 is 0 Å². The molecule has 0 spiro atoms. The maximum atomic E-state index is 9.57. The maximum absolute atomic E-state index is 9.57. The predicted octanol–water partition coefficient (Wildman–Crippen LogP) is 0.441. The molecule has 1 aromatic rings. The second-order valence-corrected chi connectivity index (χ2v) is 2.63. The third-order valence-corrected chi connectivity index (χ3v) is 1.94. The van der Waals surface area contributed by atoms with Crippen LogP contribution in [-0.4, -0.2) is 15.3 Å². The van der Waals surface area contributed by atoms with Gasteiger partial charge in [0.15, 0.2) is 0 Å². The molecule has 0 unspecified atom stereocenters. The fraction of sp³-hybridized carbons (Fsp3) is 0.667. The van der Waals surface area contributed by atoms with Gasteiger partial charge in [-0.1, -0.05) is 0 Å². The van der Waals surface area contributed by atoms with Gasteiger partial charge in [-0.25, -0.2) is 0 Å². The molecule has 1 fully saturated rings. The zero-order valence-electron chi connectivity index (χ0n) is 5.45. The molecule has 1 aliphatic carbocycles. The van der Waals surface area contributed by atoms with Crippen molar-refractivity contribution in [2.24, 2.45) is 0 Å². The van der Waals surface area contributed by atoms with E-state index < -0.39 is 5.60 Å². The normalized spacial score (nSPS) is 22.1. The zero-order valence-corrected chi connectivity index (χ0v) is 5.45. The van der Waals surface area contributed by atoms with Gasteiger partial charge in [0.05, 0.1) is 0 Å². The number of hydrogen-bond donors (Lipinski definition) is 1. The van der Waals surface area contributed by atoms with Crippen molar-refractivity contribution in [3.05, 3.63) is 12.3 Å². The first-order valence-electron chi connectivity index (χ1n) is 3.30. The van der Waals surface area contributed by atoms with Gasteiger partial charge in [-0.05, 0) is 19.3 Å². The highest BCUT2D eigenvalue weighted by Crippen LogP contribution is 2.39. The van der Waals surface area contributed by atoms with Crippen molar-refractivity contribution in [1.29, 1.82) is 0 Å². The molecule has 1 aliphatic rings. The fourth-order valence-corrected chi connectivity index (χ4v) is 1.10. The molecule has 0 aliphatic heterocycles. The van der Waals surface area contributed by atoms with Gasteiger partial charge in [-0.2, -0.15) is 0 Å². The van der Waals surface area contributed by atoms with Crippen molar-refractivity contribution in [2.75, 3.05) is 0 Å². The van der Waals surface area contributed by atoms with Crippen molar-refractivity contribution in [3.63, 3.8) is 0 Å². The molecule has 1 N–H and O–H groups in total. The monoisotopic (exact) mass is 140 g/mol. The largest absolute Gasteiger partial charge is 0.425 e. The van der Waals surface area contributed by atoms with Gasteiger partial charge < -0.3 is 9.52 Å². The van der Waals surface area contributed by atoms with Gasteiger partial charge in [0.1, 0.15) is 5.60 Å². The summed E-state index contributed by atoms with van der Waals surface area (Å²) in [5.74, 6) is 0.360. The van der Waals surface area contributed by atoms with E-state index >= 15 is 0 Å². The summed E-state index contributed by atoms with van der Waals surface area (Å²) in [4.78, 5) is 0. The minimum absolute atomic E-state index is 0.360.